The molecule has 1 saturated heterocycles. The molecule has 9 heteroatoms. The first-order chi connectivity index (χ1) is 18.4. The summed E-state index contributed by atoms with van der Waals surface area (Å²) in [4.78, 5) is 22.0. The number of hydrogen-bond acceptors (Lipinski definition) is 7. The normalized spacial score (nSPS) is 21.1. The first-order valence-corrected chi connectivity index (χ1v) is 13.1. The van der Waals surface area contributed by atoms with E-state index in [1.807, 2.05) is 24.1 Å². The van der Waals surface area contributed by atoms with Crippen molar-refractivity contribution in [1.82, 2.24) is 9.55 Å². The molecule has 1 aliphatic heterocycles. The minimum absolute atomic E-state index is 0.0429. The predicted octanol–water partition coefficient (Wildman–Crippen LogP) is 4.11. The minimum atomic E-state index is -0.372. The van der Waals surface area contributed by atoms with Crippen LogP contribution in [0.5, 0.6) is 0 Å². The molecule has 196 valence electrons. The molecule has 2 aliphatic rings. The molecule has 3 heterocycles. The number of anilines is 2. The van der Waals surface area contributed by atoms with Gasteiger partial charge in [0.15, 0.2) is 0 Å². The van der Waals surface area contributed by atoms with Crippen LogP contribution in [0.4, 0.5) is 15.8 Å². The number of benzene rings is 1. The van der Waals surface area contributed by atoms with Gasteiger partial charge in [-0.2, -0.15) is 10.5 Å². The molecule has 0 radical (unpaired) electrons. The van der Waals surface area contributed by atoms with Gasteiger partial charge in [0.25, 0.3) is 5.56 Å². The van der Waals surface area contributed by atoms with Gasteiger partial charge in [-0.25, -0.2) is 9.37 Å². The van der Waals surface area contributed by atoms with Gasteiger partial charge in [0.1, 0.15) is 34.7 Å². The topological polar surface area (TPSA) is 98.2 Å². The number of pyridine rings is 2. The summed E-state index contributed by atoms with van der Waals surface area (Å²) in [5.74, 6) is 0.205. The fraction of sp³-hybridized carbons (Fsp3) is 0.448. The maximum absolute atomic E-state index is 13.7. The number of hydrogen-bond donors (Lipinski definition) is 0. The van der Waals surface area contributed by atoms with E-state index in [0.717, 1.165) is 57.6 Å². The Morgan fingerprint density at radius 1 is 1.05 bits per heavy atom. The lowest BCUT2D eigenvalue weighted by atomic mass is 9.88. The van der Waals surface area contributed by atoms with E-state index in [-0.39, 0.29) is 28.7 Å². The van der Waals surface area contributed by atoms with E-state index in [2.05, 4.69) is 22.0 Å². The summed E-state index contributed by atoms with van der Waals surface area (Å²) in [5, 5.41) is 19.4. The fourth-order valence-corrected chi connectivity index (χ4v) is 5.94. The number of rotatable bonds is 6. The van der Waals surface area contributed by atoms with Crippen molar-refractivity contribution in [3.05, 3.63) is 63.8 Å². The van der Waals surface area contributed by atoms with Gasteiger partial charge in [-0.15, -0.1) is 0 Å². The smallest absolute Gasteiger partial charge is 0.270 e. The minimum Gasteiger partial charge on any atom is -0.381 e. The van der Waals surface area contributed by atoms with Crippen LogP contribution in [0.3, 0.4) is 0 Å². The van der Waals surface area contributed by atoms with E-state index in [0.29, 0.717) is 28.7 Å². The van der Waals surface area contributed by atoms with Crippen molar-refractivity contribution in [2.45, 2.75) is 44.2 Å². The van der Waals surface area contributed by atoms with Crippen LogP contribution in [0.25, 0.3) is 11.0 Å². The van der Waals surface area contributed by atoms with Gasteiger partial charge in [-0.05, 0) is 68.5 Å². The molecule has 5 rings (SSSR count). The zero-order valence-corrected chi connectivity index (χ0v) is 21.7. The van der Waals surface area contributed by atoms with Crippen molar-refractivity contribution < 1.29 is 9.13 Å². The van der Waals surface area contributed by atoms with E-state index in [9.17, 15) is 19.7 Å². The Morgan fingerprint density at radius 3 is 2.39 bits per heavy atom. The summed E-state index contributed by atoms with van der Waals surface area (Å²) in [5.41, 5.74) is 2.50. The van der Waals surface area contributed by atoms with E-state index < -0.39 is 0 Å². The maximum atomic E-state index is 13.7. The van der Waals surface area contributed by atoms with Crippen LogP contribution in [0.15, 0.2) is 41.2 Å². The molecular weight excluding hydrogens is 483 g/mol. The number of nitrogens with zero attached hydrogens (tertiary/aromatic N) is 6. The summed E-state index contributed by atoms with van der Waals surface area (Å²) in [7, 11) is 3.53. The second-order valence-corrected chi connectivity index (χ2v) is 10.3. The number of nitriles is 2. The number of aromatic nitrogens is 2. The van der Waals surface area contributed by atoms with Gasteiger partial charge < -0.3 is 19.1 Å². The third-order valence-electron chi connectivity index (χ3n) is 8.09. The molecule has 1 unspecified atom stereocenters. The first-order valence-electron chi connectivity index (χ1n) is 13.1. The molecule has 2 fully saturated rings. The summed E-state index contributed by atoms with van der Waals surface area (Å²) < 4.78 is 20.7. The number of ether oxygens (including phenoxy) is 1. The van der Waals surface area contributed by atoms with Crippen molar-refractivity contribution in [2.24, 2.45) is 13.0 Å². The van der Waals surface area contributed by atoms with Gasteiger partial charge in [-0.1, -0.05) is 0 Å². The Hall–Kier alpha value is -3.95. The molecule has 1 aliphatic carbocycles. The Kier molecular flexibility index (Phi) is 7.31. The molecular formula is C29H31FN6O2. The highest BCUT2D eigenvalue weighted by atomic mass is 19.1. The van der Waals surface area contributed by atoms with Crippen molar-refractivity contribution in [3.8, 4) is 12.1 Å². The lowest BCUT2D eigenvalue weighted by Crippen LogP contribution is -2.45. The van der Waals surface area contributed by atoms with Crippen molar-refractivity contribution in [3.63, 3.8) is 0 Å². The van der Waals surface area contributed by atoms with Gasteiger partial charge in [0.2, 0.25) is 0 Å². The van der Waals surface area contributed by atoms with Crippen LogP contribution in [-0.2, 0) is 11.8 Å². The standard InChI is InChI=1S/C29H31FN6O2/c1-34(28-25(16-32)29(37)35(2)26-12-5-21(15-31)33-27(26)28)22-8-10-24(11-9-22)36(17-19-13-14-38-18-19)23-6-3-20(30)4-7-23/h3-7,12,19,22,24H,8-11,13-14,17-18H2,1-2H3. The maximum Gasteiger partial charge on any atom is 0.270 e. The third-order valence-corrected chi connectivity index (χ3v) is 8.09. The van der Waals surface area contributed by atoms with Crippen LogP contribution in [0, 0.1) is 34.4 Å². The van der Waals surface area contributed by atoms with E-state index in [1.54, 1.807) is 19.2 Å². The van der Waals surface area contributed by atoms with Crippen molar-refractivity contribution in [1.29, 1.82) is 10.5 Å². The summed E-state index contributed by atoms with van der Waals surface area (Å²) >= 11 is 0. The van der Waals surface area contributed by atoms with Crippen LogP contribution in [0.2, 0.25) is 0 Å². The van der Waals surface area contributed by atoms with Gasteiger partial charge in [0.05, 0.1) is 17.8 Å². The Bertz CT molecular complexity index is 1460. The first kappa shape index (κ1) is 25.7. The molecule has 0 amide bonds. The Labute approximate surface area is 221 Å². The number of aryl methyl sites for hydroxylation is 1. The van der Waals surface area contributed by atoms with Crippen LogP contribution in [-0.4, -0.2) is 48.4 Å². The second-order valence-electron chi connectivity index (χ2n) is 10.3. The SMILES string of the molecule is CN(c1c(C#N)c(=O)n(C)c2ccc(C#N)nc12)C1CCC(N(CC2CCOC2)c2ccc(F)cc2)CC1. The third kappa shape index (κ3) is 4.82. The summed E-state index contributed by atoms with van der Waals surface area (Å²) in [6, 6.07) is 14.6. The predicted molar refractivity (Wildman–Crippen MR) is 144 cm³/mol. The second kappa shape index (κ2) is 10.8. The zero-order valence-electron chi connectivity index (χ0n) is 21.7. The van der Waals surface area contributed by atoms with Crippen molar-refractivity contribution in [2.75, 3.05) is 36.6 Å². The molecule has 0 bridgehead atoms. The summed E-state index contributed by atoms with van der Waals surface area (Å²) in [6.07, 6.45) is 4.59. The molecule has 0 N–H and O–H groups in total. The van der Waals surface area contributed by atoms with Gasteiger partial charge in [0, 0.05) is 50.9 Å². The zero-order chi connectivity index (χ0) is 26.8. The van der Waals surface area contributed by atoms with Crippen LogP contribution < -0.4 is 15.4 Å². The Balaban J connectivity index is 1.42. The molecule has 3 aromatic rings. The highest BCUT2D eigenvalue weighted by Gasteiger charge is 2.32. The quantitative estimate of drug-likeness (QED) is 0.488. The molecule has 1 aromatic carbocycles. The molecule has 38 heavy (non-hydrogen) atoms. The Morgan fingerprint density at radius 2 is 1.76 bits per heavy atom. The lowest BCUT2D eigenvalue weighted by Gasteiger charge is -2.42. The average molecular weight is 515 g/mol. The summed E-state index contributed by atoms with van der Waals surface area (Å²) in [6.45, 7) is 2.41. The average Bonchev–Trinajstić information content (AvgIpc) is 3.47. The molecule has 8 nitrogen and oxygen atoms in total. The monoisotopic (exact) mass is 514 g/mol. The van der Waals surface area contributed by atoms with E-state index in [4.69, 9.17) is 4.74 Å². The van der Waals surface area contributed by atoms with Crippen molar-refractivity contribution >= 4 is 22.4 Å². The number of fused-ring (bicyclic) bond motifs is 1. The van der Waals surface area contributed by atoms with E-state index in [1.165, 1.54) is 16.7 Å². The molecule has 1 saturated carbocycles. The van der Waals surface area contributed by atoms with Gasteiger partial charge >= 0.3 is 0 Å². The number of halogens is 1. The van der Waals surface area contributed by atoms with Crippen LogP contribution >= 0.6 is 0 Å². The highest BCUT2D eigenvalue weighted by molar-refractivity contribution is 5.92. The fourth-order valence-electron chi connectivity index (χ4n) is 5.94. The highest BCUT2D eigenvalue weighted by Crippen LogP contribution is 2.35. The molecule has 0 spiro atoms. The molecule has 2 aromatic heterocycles. The molecule has 1 atom stereocenters. The lowest BCUT2D eigenvalue weighted by molar-refractivity contribution is 0.185. The van der Waals surface area contributed by atoms with Crippen LogP contribution in [0.1, 0.15) is 43.4 Å². The van der Waals surface area contributed by atoms with Gasteiger partial charge in [-0.3, -0.25) is 4.79 Å². The largest absolute Gasteiger partial charge is 0.381 e. The van der Waals surface area contributed by atoms with E-state index >= 15 is 0 Å².